The molecule has 0 amide bonds. The number of nitrogens with zero attached hydrogens (tertiary/aromatic N) is 1. The van der Waals surface area contributed by atoms with Crippen molar-refractivity contribution in [3.8, 4) is 0 Å². The Bertz CT molecular complexity index is 422. The molecule has 0 spiro atoms. The highest BCUT2D eigenvalue weighted by atomic mass is 15.1. The van der Waals surface area contributed by atoms with Crippen LogP contribution in [0.4, 0.5) is 5.69 Å². The SMILES string of the molecule is CC1CCCCC1N(C)c1ccc(CNC2CC2)cc1. The lowest BCUT2D eigenvalue weighted by molar-refractivity contribution is 0.321. The molecule has 2 unspecified atom stereocenters. The van der Waals surface area contributed by atoms with E-state index < -0.39 is 0 Å². The first-order valence-electron chi connectivity index (χ1n) is 8.29. The predicted molar refractivity (Wildman–Crippen MR) is 86.1 cm³/mol. The zero-order chi connectivity index (χ0) is 13.9. The van der Waals surface area contributed by atoms with Crippen LogP contribution in [0.1, 0.15) is 51.0 Å². The van der Waals surface area contributed by atoms with Gasteiger partial charge in [-0.05, 0) is 49.3 Å². The standard InChI is InChI=1S/C18H28N2/c1-14-5-3-4-6-18(14)20(2)17-11-7-15(8-12-17)13-19-16-9-10-16/h7-8,11-12,14,16,18-19H,3-6,9-10,13H2,1-2H3. The van der Waals surface area contributed by atoms with Crippen LogP contribution in [-0.2, 0) is 6.54 Å². The Kier molecular flexibility index (Phi) is 4.30. The molecule has 0 saturated heterocycles. The highest BCUT2D eigenvalue weighted by Gasteiger charge is 2.25. The summed E-state index contributed by atoms with van der Waals surface area (Å²) in [4.78, 5) is 2.50. The van der Waals surface area contributed by atoms with Crippen molar-refractivity contribution in [2.45, 2.75) is 64.1 Å². The van der Waals surface area contributed by atoms with E-state index in [2.05, 4.69) is 48.5 Å². The molecule has 2 saturated carbocycles. The van der Waals surface area contributed by atoms with Crippen LogP contribution in [0.2, 0.25) is 0 Å². The summed E-state index contributed by atoms with van der Waals surface area (Å²) in [5, 5.41) is 3.58. The summed E-state index contributed by atoms with van der Waals surface area (Å²) in [5.41, 5.74) is 2.78. The van der Waals surface area contributed by atoms with E-state index in [1.165, 1.54) is 49.8 Å². The zero-order valence-electron chi connectivity index (χ0n) is 12.9. The average Bonchev–Trinajstić information content (AvgIpc) is 3.30. The summed E-state index contributed by atoms with van der Waals surface area (Å²) >= 11 is 0. The van der Waals surface area contributed by atoms with Crippen molar-refractivity contribution >= 4 is 5.69 Å². The lowest BCUT2D eigenvalue weighted by Gasteiger charge is -2.37. The Hall–Kier alpha value is -1.02. The summed E-state index contributed by atoms with van der Waals surface area (Å²) in [6.07, 6.45) is 8.27. The fourth-order valence-electron chi connectivity index (χ4n) is 3.46. The number of hydrogen-bond donors (Lipinski definition) is 1. The Balaban J connectivity index is 1.60. The zero-order valence-corrected chi connectivity index (χ0v) is 12.9. The topological polar surface area (TPSA) is 15.3 Å². The Labute approximate surface area is 123 Å². The van der Waals surface area contributed by atoms with Gasteiger partial charge in [0.05, 0.1) is 0 Å². The lowest BCUT2D eigenvalue weighted by atomic mass is 9.85. The molecule has 2 nitrogen and oxygen atoms in total. The van der Waals surface area contributed by atoms with Crippen LogP contribution in [0.5, 0.6) is 0 Å². The smallest absolute Gasteiger partial charge is 0.0366 e. The van der Waals surface area contributed by atoms with Gasteiger partial charge in [-0.2, -0.15) is 0 Å². The fraction of sp³-hybridized carbons (Fsp3) is 0.667. The van der Waals surface area contributed by atoms with Crippen molar-refractivity contribution < 1.29 is 0 Å². The van der Waals surface area contributed by atoms with Gasteiger partial charge in [0, 0.05) is 31.4 Å². The van der Waals surface area contributed by atoms with Crippen LogP contribution in [0, 0.1) is 5.92 Å². The summed E-state index contributed by atoms with van der Waals surface area (Å²) in [7, 11) is 2.27. The maximum atomic E-state index is 3.58. The molecule has 0 bridgehead atoms. The van der Waals surface area contributed by atoms with E-state index in [9.17, 15) is 0 Å². The van der Waals surface area contributed by atoms with Crippen LogP contribution in [0.15, 0.2) is 24.3 Å². The summed E-state index contributed by atoms with van der Waals surface area (Å²) in [5.74, 6) is 0.824. The first-order chi connectivity index (χ1) is 9.74. The monoisotopic (exact) mass is 272 g/mol. The van der Waals surface area contributed by atoms with Gasteiger partial charge in [0.2, 0.25) is 0 Å². The highest BCUT2D eigenvalue weighted by molar-refractivity contribution is 5.48. The van der Waals surface area contributed by atoms with E-state index in [4.69, 9.17) is 0 Å². The summed E-state index contributed by atoms with van der Waals surface area (Å²) in [6.45, 7) is 3.43. The first kappa shape index (κ1) is 13.9. The van der Waals surface area contributed by atoms with Crippen molar-refractivity contribution in [3.63, 3.8) is 0 Å². The van der Waals surface area contributed by atoms with Crippen molar-refractivity contribution in [2.75, 3.05) is 11.9 Å². The molecule has 2 fully saturated rings. The molecular weight excluding hydrogens is 244 g/mol. The van der Waals surface area contributed by atoms with Crippen molar-refractivity contribution in [3.05, 3.63) is 29.8 Å². The van der Waals surface area contributed by atoms with E-state index in [1.54, 1.807) is 0 Å². The molecule has 1 N–H and O–H groups in total. The summed E-state index contributed by atoms with van der Waals surface area (Å²) < 4.78 is 0. The van der Waals surface area contributed by atoms with Gasteiger partial charge in [0.15, 0.2) is 0 Å². The van der Waals surface area contributed by atoms with Crippen molar-refractivity contribution in [1.82, 2.24) is 5.32 Å². The molecule has 2 atom stereocenters. The number of nitrogens with one attached hydrogen (secondary N) is 1. The molecule has 3 rings (SSSR count). The lowest BCUT2D eigenvalue weighted by Crippen LogP contribution is -2.38. The second-order valence-corrected chi connectivity index (χ2v) is 6.76. The van der Waals surface area contributed by atoms with Gasteiger partial charge in [-0.25, -0.2) is 0 Å². The Morgan fingerprint density at radius 3 is 2.40 bits per heavy atom. The van der Waals surface area contributed by atoms with Gasteiger partial charge in [0.25, 0.3) is 0 Å². The Morgan fingerprint density at radius 2 is 1.75 bits per heavy atom. The van der Waals surface area contributed by atoms with Crippen LogP contribution >= 0.6 is 0 Å². The van der Waals surface area contributed by atoms with E-state index in [-0.39, 0.29) is 0 Å². The fourth-order valence-corrected chi connectivity index (χ4v) is 3.46. The van der Waals surface area contributed by atoms with Crippen molar-refractivity contribution in [2.24, 2.45) is 5.92 Å². The van der Waals surface area contributed by atoms with Crippen LogP contribution in [-0.4, -0.2) is 19.1 Å². The minimum Gasteiger partial charge on any atom is -0.371 e. The van der Waals surface area contributed by atoms with Gasteiger partial charge in [-0.1, -0.05) is 31.9 Å². The number of hydrogen-bond acceptors (Lipinski definition) is 2. The minimum atomic E-state index is 0.721. The van der Waals surface area contributed by atoms with Gasteiger partial charge in [0.1, 0.15) is 0 Å². The molecule has 0 heterocycles. The molecule has 0 aromatic heterocycles. The van der Waals surface area contributed by atoms with E-state index in [0.717, 1.165) is 24.5 Å². The largest absolute Gasteiger partial charge is 0.371 e. The third-order valence-corrected chi connectivity index (χ3v) is 5.08. The average molecular weight is 272 g/mol. The van der Waals surface area contributed by atoms with E-state index in [1.807, 2.05) is 0 Å². The Morgan fingerprint density at radius 1 is 1.05 bits per heavy atom. The van der Waals surface area contributed by atoms with Gasteiger partial charge >= 0.3 is 0 Å². The second kappa shape index (κ2) is 6.17. The molecule has 0 radical (unpaired) electrons. The minimum absolute atomic E-state index is 0.721. The molecular formula is C18H28N2. The van der Waals surface area contributed by atoms with Crippen LogP contribution in [0.3, 0.4) is 0 Å². The van der Waals surface area contributed by atoms with Gasteiger partial charge in [-0.3, -0.25) is 0 Å². The van der Waals surface area contributed by atoms with Crippen molar-refractivity contribution in [1.29, 1.82) is 0 Å². The van der Waals surface area contributed by atoms with E-state index in [0.29, 0.717) is 0 Å². The molecule has 1 aromatic rings. The summed E-state index contributed by atoms with van der Waals surface area (Å²) in [6, 6.07) is 10.7. The van der Waals surface area contributed by atoms with Crippen LogP contribution in [0.25, 0.3) is 0 Å². The molecule has 0 aliphatic heterocycles. The van der Waals surface area contributed by atoms with Crippen LogP contribution < -0.4 is 10.2 Å². The third kappa shape index (κ3) is 3.35. The maximum absolute atomic E-state index is 3.58. The maximum Gasteiger partial charge on any atom is 0.0366 e. The number of benzene rings is 1. The molecule has 20 heavy (non-hydrogen) atoms. The quantitative estimate of drug-likeness (QED) is 0.873. The molecule has 110 valence electrons. The number of anilines is 1. The molecule has 2 heteroatoms. The third-order valence-electron chi connectivity index (χ3n) is 5.08. The molecule has 2 aliphatic carbocycles. The predicted octanol–water partition coefficient (Wildman–Crippen LogP) is 3.95. The molecule has 2 aliphatic rings. The van der Waals surface area contributed by atoms with Gasteiger partial charge < -0.3 is 10.2 Å². The highest BCUT2D eigenvalue weighted by Crippen LogP contribution is 2.30. The molecule has 1 aromatic carbocycles. The number of rotatable bonds is 5. The first-order valence-corrected chi connectivity index (χ1v) is 8.29. The van der Waals surface area contributed by atoms with Gasteiger partial charge in [-0.15, -0.1) is 0 Å². The second-order valence-electron chi connectivity index (χ2n) is 6.76. The normalized spacial score (nSPS) is 26.5. The van der Waals surface area contributed by atoms with E-state index >= 15 is 0 Å².